The molecule has 2 aliphatic rings. The van der Waals surface area contributed by atoms with Crippen molar-refractivity contribution in [1.82, 2.24) is 5.32 Å². The molecule has 0 radical (unpaired) electrons. The molecular weight excluding hydrogens is 210 g/mol. The van der Waals surface area contributed by atoms with E-state index in [1.54, 1.807) is 7.11 Å². The Labute approximate surface area is 103 Å². The minimum Gasteiger partial charge on any atom is -0.496 e. The minimum absolute atomic E-state index is 0.206. The quantitative estimate of drug-likeness (QED) is 0.863. The van der Waals surface area contributed by atoms with Crippen molar-refractivity contribution in [3.05, 3.63) is 29.3 Å². The van der Waals surface area contributed by atoms with Gasteiger partial charge >= 0.3 is 0 Å². The van der Waals surface area contributed by atoms with Crippen molar-refractivity contribution in [3.8, 4) is 5.75 Å². The van der Waals surface area contributed by atoms with Crippen LogP contribution in [0.25, 0.3) is 0 Å². The van der Waals surface area contributed by atoms with E-state index < -0.39 is 0 Å². The summed E-state index contributed by atoms with van der Waals surface area (Å²) in [5.74, 6) is 1.87. The summed E-state index contributed by atoms with van der Waals surface area (Å²) in [5.41, 5.74) is 2.92. The lowest BCUT2D eigenvalue weighted by Crippen LogP contribution is -2.39. The van der Waals surface area contributed by atoms with Crippen LogP contribution in [0.15, 0.2) is 18.2 Å². The first-order valence-corrected chi connectivity index (χ1v) is 6.66. The fourth-order valence-electron chi connectivity index (χ4n) is 3.31. The first-order valence-electron chi connectivity index (χ1n) is 6.66. The van der Waals surface area contributed by atoms with Gasteiger partial charge in [0, 0.05) is 5.56 Å². The van der Waals surface area contributed by atoms with Crippen molar-refractivity contribution in [1.29, 1.82) is 0 Å². The molecule has 1 saturated heterocycles. The third-order valence-corrected chi connectivity index (χ3v) is 4.30. The van der Waals surface area contributed by atoms with E-state index in [1.165, 1.54) is 36.8 Å². The second-order valence-corrected chi connectivity index (χ2v) is 5.48. The zero-order chi connectivity index (χ0) is 11.9. The SMILES string of the molecule is COc1ccc(C)cc1C1(C2CC2)CCCN1. The van der Waals surface area contributed by atoms with E-state index in [2.05, 4.69) is 30.4 Å². The molecule has 1 N–H and O–H groups in total. The molecule has 1 aliphatic heterocycles. The largest absolute Gasteiger partial charge is 0.496 e. The summed E-state index contributed by atoms with van der Waals surface area (Å²) in [6, 6.07) is 6.57. The van der Waals surface area contributed by atoms with Crippen LogP contribution in [-0.4, -0.2) is 13.7 Å². The molecule has 0 bridgehead atoms. The monoisotopic (exact) mass is 231 g/mol. The van der Waals surface area contributed by atoms with E-state index in [-0.39, 0.29) is 5.54 Å². The predicted molar refractivity (Wildman–Crippen MR) is 69.4 cm³/mol. The number of ether oxygens (including phenoxy) is 1. The van der Waals surface area contributed by atoms with Gasteiger partial charge < -0.3 is 10.1 Å². The number of aryl methyl sites for hydroxylation is 1. The van der Waals surface area contributed by atoms with E-state index in [1.807, 2.05) is 0 Å². The smallest absolute Gasteiger partial charge is 0.123 e. The maximum atomic E-state index is 5.58. The second kappa shape index (κ2) is 4.02. The molecule has 1 atom stereocenters. The molecule has 0 spiro atoms. The summed E-state index contributed by atoms with van der Waals surface area (Å²) in [4.78, 5) is 0. The number of hydrogen-bond acceptors (Lipinski definition) is 2. The number of benzene rings is 1. The van der Waals surface area contributed by atoms with Crippen molar-refractivity contribution in [2.45, 2.75) is 38.1 Å². The van der Waals surface area contributed by atoms with Crippen LogP contribution in [0.3, 0.4) is 0 Å². The van der Waals surface area contributed by atoms with Crippen LogP contribution >= 0.6 is 0 Å². The van der Waals surface area contributed by atoms with Gasteiger partial charge in [-0.25, -0.2) is 0 Å². The molecule has 1 saturated carbocycles. The van der Waals surface area contributed by atoms with Crippen molar-refractivity contribution in [3.63, 3.8) is 0 Å². The Morgan fingerprint density at radius 1 is 1.35 bits per heavy atom. The van der Waals surface area contributed by atoms with Gasteiger partial charge in [-0.2, -0.15) is 0 Å². The zero-order valence-electron chi connectivity index (χ0n) is 10.8. The highest BCUT2D eigenvalue weighted by atomic mass is 16.5. The van der Waals surface area contributed by atoms with Gasteiger partial charge in [-0.3, -0.25) is 0 Å². The molecule has 92 valence electrons. The molecule has 0 amide bonds. The number of methoxy groups -OCH3 is 1. The Kier molecular flexibility index (Phi) is 2.62. The summed E-state index contributed by atoms with van der Waals surface area (Å²) in [7, 11) is 1.78. The molecule has 2 heteroatoms. The maximum absolute atomic E-state index is 5.58. The summed E-state index contributed by atoms with van der Waals surface area (Å²) in [6.45, 7) is 3.31. The van der Waals surface area contributed by atoms with E-state index in [4.69, 9.17) is 4.74 Å². The molecule has 2 nitrogen and oxygen atoms in total. The van der Waals surface area contributed by atoms with Crippen molar-refractivity contribution in [2.24, 2.45) is 5.92 Å². The fourth-order valence-corrected chi connectivity index (χ4v) is 3.31. The Hall–Kier alpha value is -1.02. The summed E-state index contributed by atoms with van der Waals surface area (Å²) in [6.07, 6.45) is 5.28. The summed E-state index contributed by atoms with van der Waals surface area (Å²) < 4.78 is 5.58. The average molecular weight is 231 g/mol. The van der Waals surface area contributed by atoms with Gasteiger partial charge in [-0.1, -0.05) is 17.7 Å². The Morgan fingerprint density at radius 3 is 2.76 bits per heavy atom. The molecule has 1 aliphatic carbocycles. The molecule has 17 heavy (non-hydrogen) atoms. The second-order valence-electron chi connectivity index (χ2n) is 5.48. The first-order chi connectivity index (χ1) is 8.26. The highest BCUT2D eigenvalue weighted by Gasteiger charge is 2.49. The van der Waals surface area contributed by atoms with Gasteiger partial charge in [0.1, 0.15) is 5.75 Å². The third-order valence-electron chi connectivity index (χ3n) is 4.30. The minimum atomic E-state index is 0.206. The van der Waals surface area contributed by atoms with Gasteiger partial charge in [-0.15, -0.1) is 0 Å². The van der Waals surface area contributed by atoms with E-state index in [0.29, 0.717) is 0 Å². The van der Waals surface area contributed by atoms with Crippen molar-refractivity contribution >= 4 is 0 Å². The van der Waals surface area contributed by atoms with Gasteiger partial charge in [-0.05, 0) is 51.1 Å². The Bertz CT molecular complexity index is 417. The summed E-state index contributed by atoms with van der Waals surface area (Å²) >= 11 is 0. The number of nitrogens with one attached hydrogen (secondary N) is 1. The predicted octanol–water partition coefficient (Wildman–Crippen LogP) is 2.99. The lowest BCUT2D eigenvalue weighted by Gasteiger charge is -2.32. The van der Waals surface area contributed by atoms with Crippen LogP contribution in [0, 0.1) is 12.8 Å². The average Bonchev–Trinajstić information content (AvgIpc) is 3.08. The number of hydrogen-bond donors (Lipinski definition) is 1. The van der Waals surface area contributed by atoms with E-state index in [0.717, 1.165) is 18.2 Å². The standard InChI is InChI=1S/C15H21NO/c1-11-4-7-14(17-2)13(10-11)15(12-5-6-12)8-3-9-16-15/h4,7,10,12,16H,3,5-6,8-9H2,1-2H3. The summed E-state index contributed by atoms with van der Waals surface area (Å²) in [5, 5.41) is 3.77. The Morgan fingerprint density at radius 2 is 2.18 bits per heavy atom. The van der Waals surface area contributed by atoms with Crippen molar-refractivity contribution in [2.75, 3.05) is 13.7 Å². The van der Waals surface area contributed by atoms with Gasteiger partial charge in [0.25, 0.3) is 0 Å². The third kappa shape index (κ3) is 1.75. The molecule has 1 aromatic rings. The van der Waals surface area contributed by atoms with Crippen LogP contribution < -0.4 is 10.1 Å². The lowest BCUT2D eigenvalue weighted by atomic mass is 9.82. The molecule has 2 fully saturated rings. The first kappa shape index (κ1) is 11.1. The van der Waals surface area contributed by atoms with Crippen LogP contribution in [0.1, 0.15) is 36.8 Å². The molecule has 1 aromatic carbocycles. The molecule has 0 aromatic heterocycles. The highest BCUT2D eigenvalue weighted by Crippen LogP contribution is 2.52. The van der Waals surface area contributed by atoms with Gasteiger partial charge in [0.15, 0.2) is 0 Å². The van der Waals surface area contributed by atoms with E-state index in [9.17, 15) is 0 Å². The van der Waals surface area contributed by atoms with Gasteiger partial charge in [0.05, 0.1) is 12.6 Å². The molecule has 3 rings (SSSR count). The normalized spacial score (nSPS) is 28.4. The highest BCUT2D eigenvalue weighted by molar-refractivity contribution is 5.44. The van der Waals surface area contributed by atoms with Crippen LogP contribution in [0.5, 0.6) is 5.75 Å². The molecule has 1 heterocycles. The number of rotatable bonds is 3. The van der Waals surface area contributed by atoms with Crippen LogP contribution in [-0.2, 0) is 5.54 Å². The van der Waals surface area contributed by atoms with E-state index >= 15 is 0 Å². The topological polar surface area (TPSA) is 21.3 Å². The maximum Gasteiger partial charge on any atom is 0.123 e. The Balaban J connectivity index is 2.08. The van der Waals surface area contributed by atoms with Crippen LogP contribution in [0.4, 0.5) is 0 Å². The lowest BCUT2D eigenvalue weighted by molar-refractivity contribution is 0.313. The van der Waals surface area contributed by atoms with Gasteiger partial charge in [0.2, 0.25) is 0 Å². The molecular formula is C15H21NO. The van der Waals surface area contributed by atoms with Crippen LogP contribution in [0.2, 0.25) is 0 Å². The zero-order valence-corrected chi connectivity index (χ0v) is 10.8. The van der Waals surface area contributed by atoms with Crippen molar-refractivity contribution < 1.29 is 4.74 Å². The molecule has 1 unspecified atom stereocenters. The fraction of sp³-hybridized carbons (Fsp3) is 0.600.